The van der Waals surface area contributed by atoms with E-state index in [1.807, 2.05) is 0 Å². The van der Waals surface area contributed by atoms with Crippen molar-refractivity contribution >= 4 is 61.6 Å². The van der Waals surface area contributed by atoms with Crippen molar-refractivity contribution in [1.82, 2.24) is 0 Å². The summed E-state index contributed by atoms with van der Waals surface area (Å²) in [4.78, 5) is 18.5. The molecule has 2 heterocycles. The van der Waals surface area contributed by atoms with Crippen LogP contribution in [0, 0.1) is 5.82 Å². The molecule has 1 amide bonds. The van der Waals surface area contributed by atoms with Crippen LogP contribution in [0.3, 0.4) is 0 Å². The summed E-state index contributed by atoms with van der Waals surface area (Å²) in [6.45, 7) is 0. The van der Waals surface area contributed by atoms with Gasteiger partial charge in [0.15, 0.2) is 15.0 Å². The number of rotatable bonds is 3. The molecule has 0 bridgehead atoms. The van der Waals surface area contributed by atoms with Crippen LogP contribution in [0.15, 0.2) is 47.5 Å². The van der Waals surface area contributed by atoms with E-state index in [0.717, 1.165) is 0 Å². The molecule has 0 N–H and O–H groups in total. The van der Waals surface area contributed by atoms with Crippen molar-refractivity contribution in [2.75, 3.05) is 16.4 Å². The molecule has 2 aliphatic heterocycles. The molecule has 5 nitrogen and oxygen atoms in total. The van der Waals surface area contributed by atoms with Gasteiger partial charge in [-0.3, -0.25) is 4.79 Å². The maximum Gasteiger partial charge on any atom is 0.252 e. The lowest BCUT2D eigenvalue weighted by Gasteiger charge is -2.24. The number of carbonyl (C=O) groups is 1. The first-order valence-corrected chi connectivity index (χ1v) is 12.1. The molecule has 0 aromatic heterocycles. The van der Waals surface area contributed by atoms with E-state index >= 15 is 0 Å². The number of aliphatic imine (C=N–C) groups is 1. The molecule has 0 saturated carbocycles. The van der Waals surface area contributed by atoms with Crippen molar-refractivity contribution in [3.8, 4) is 0 Å². The summed E-state index contributed by atoms with van der Waals surface area (Å²) in [5.74, 6) is -0.757. The highest BCUT2D eigenvalue weighted by Gasteiger charge is 2.49. The number of hydrogen-bond acceptors (Lipinski definition) is 4. The summed E-state index contributed by atoms with van der Waals surface area (Å²) in [5, 5.41) is 0.923. The van der Waals surface area contributed by atoms with Gasteiger partial charge in [0.25, 0.3) is 5.91 Å². The van der Waals surface area contributed by atoms with Crippen molar-refractivity contribution in [3.63, 3.8) is 0 Å². The van der Waals surface area contributed by atoms with E-state index in [9.17, 15) is 17.6 Å². The Morgan fingerprint density at radius 2 is 1.86 bits per heavy atom. The van der Waals surface area contributed by atoms with E-state index in [0.29, 0.717) is 26.5 Å². The number of nitrogens with zero attached hydrogens (tertiary/aromatic N) is 2. The minimum Gasteiger partial charge on any atom is -0.316 e. The van der Waals surface area contributed by atoms with Gasteiger partial charge in [-0.25, -0.2) is 12.8 Å². The quantitative estimate of drug-likeness (QED) is 0.675. The summed E-state index contributed by atoms with van der Waals surface area (Å²) in [6, 6.07) is 10.3. The van der Waals surface area contributed by atoms with Gasteiger partial charge in [0, 0.05) is 10.9 Å². The molecule has 4 rings (SSSR count). The Kier molecular flexibility index (Phi) is 5.63. The maximum atomic E-state index is 13.1. The largest absolute Gasteiger partial charge is 0.316 e. The van der Waals surface area contributed by atoms with Crippen molar-refractivity contribution in [2.45, 2.75) is 17.7 Å². The van der Waals surface area contributed by atoms with Crippen LogP contribution in [0.4, 0.5) is 10.1 Å². The van der Waals surface area contributed by atoms with Crippen molar-refractivity contribution in [3.05, 3.63) is 63.9 Å². The molecule has 10 heteroatoms. The van der Waals surface area contributed by atoms with Crippen LogP contribution in [0.1, 0.15) is 5.56 Å². The molecule has 152 valence electrons. The predicted octanol–water partition coefficient (Wildman–Crippen LogP) is 3.98. The number of fused-ring (bicyclic) bond motifs is 1. The summed E-state index contributed by atoms with van der Waals surface area (Å²) in [5.41, 5.74) is 1.28. The Morgan fingerprint density at radius 3 is 2.55 bits per heavy atom. The second-order valence-corrected chi connectivity index (χ2v) is 11.0. The van der Waals surface area contributed by atoms with Crippen LogP contribution in [-0.2, 0) is 21.1 Å². The fourth-order valence-corrected chi connectivity index (χ4v) is 7.65. The molecule has 2 aromatic carbocycles. The first-order valence-electron chi connectivity index (χ1n) is 8.69. The van der Waals surface area contributed by atoms with E-state index in [2.05, 4.69) is 4.99 Å². The minimum absolute atomic E-state index is 0.0178. The smallest absolute Gasteiger partial charge is 0.252 e. The lowest BCUT2D eigenvalue weighted by Crippen LogP contribution is -2.37. The molecule has 2 saturated heterocycles. The summed E-state index contributed by atoms with van der Waals surface area (Å²) < 4.78 is 37.3. The average molecular weight is 473 g/mol. The Hall–Kier alpha value is -1.61. The van der Waals surface area contributed by atoms with Gasteiger partial charge in [0.2, 0.25) is 0 Å². The topological polar surface area (TPSA) is 66.8 Å². The van der Waals surface area contributed by atoms with Gasteiger partial charge >= 0.3 is 0 Å². The second kappa shape index (κ2) is 7.91. The predicted molar refractivity (Wildman–Crippen MR) is 115 cm³/mol. The van der Waals surface area contributed by atoms with Crippen LogP contribution in [-0.4, -0.2) is 42.3 Å². The molecular weight excluding hydrogens is 458 g/mol. The zero-order valence-electron chi connectivity index (χ0n) is 14.9. The molecule has 2 aromatic rings. The number of hydrogen-bond donors (Lipinski definition) is 0. The van der Waals surface area contributed by atoms with Gasteiger partial charge < -0.3 is 4.90 Å². The SMILES string of the molecule is O=C(Cc1ccc(F)cc1)N=C1S[C@H]2CS(=O)(=O)C[C@@H]2N1c1ccc(Cl)c(Cl)c1. The van der Waals surface area contributed by atoms with Crippen LogP contribution in [0.25, 0.3) is 0 Å². The molecule has 0 unspecified atom stereocenters. The van der Waals surface area contributed by atoms with E-state index in [1.165, 1.54) is 36.0 Å². The van der Waals surface area contributed by atoms with Crippen LogP contribution >= 0.6 is 35.0 Å². The van der Waals surface area contributed by atoms with E-state index < -0.39 is 15.7 Å². The van der Waals surface area contributed by atoms with Gasteiger partial charge in [0.05, 0.1) is 34.0 Å². The van der Waals surface area contributed by atoms with Gasteiger partial charge in [-0.1, -0.05) is 47.1 Å². The maximum absolute atomic E-state index is 13.1. The van der Waals surface area contributed by atoms with Gasteiger partial charge in [-0.05, 0) is 35.9 Å². The molecule has 2 fully saturated rings. The number of thioether (sulfide) groups is 1. The van der Waals surface area contributed by atoms with Gasteiger partial charge in [-0.15, -0.1) is 0 Å². The molecular formula is C19H15Cl2FN2O3S2. The number of anilines is 1. The normalized spacial score (nSPS) is 24.1. The van der Waals surface area contributed by atoms with Crippen molar-refractivity contribution in [1.29, 1.82) is 0 Å². The fraction of sp³-hybridized carbons (Fsp3) is 0.263. The van der Waals surface area contributed by atoms with Crippen molar-refractivity contribution < 1.29 is 17.6 Å². The lowest BCUT2D eigenvalue weighted by atomic mass is 10.1. The zero-order chi connectivity index (χ0) is 20.8. The van der Waals surface area contributed by atoms with E-state index in [1.54, 1.807) is 23.1 Å². The highest BCUT2D eigenvalue weighted by Crippen LogP contribution is 2.42. The molecule has 0 radical (unpaired) electrons. The Morgan fingerprint density at radius 1 is 1.14 bits per heavy atom. The van der Waals surface area contributed by atoms with Crippen LogP contribution in [0.5, 0.6) is 0 Å². The highest BCUT2D eigenvalue weighted by atomic mass is 35.5. The van der Waals surface area contributed by atoms with Gasteiger partial charge in [-0.2, -0.15) is 4.99 Å². The number of benzene rings is 2. The monoisotopic (exact) mass is 472 g/mol. The number of amidine groups is 1. The number of carbonyl (C=O) groups excluding carboxylic acids is 1. The molecule has 2 atom stereocenters. The third kappa shape index (κ3) is 4.45. The first kappa shape index (κ1) is 20.7. The molecule has 29 heavy (non-hydrogen) atoms. The third-order valence-electron chi connectivity index (χ3n) is 4.74. The minimum atomic E-state index is -3.17. The Labute approximate surface area is 181 Å². The summed E-state index contributed by atoms with van der Waals surface area (Å²) in [6.07, 6.45) is 0.0210. The third-order valence-corrected chi connectivity index (χ3v) is 8.69. The van der Waals surface area contributed by atoms with Crippen molar-refractivity contribution in [2.24, 2.45) is 4.99 Å². The number of sulfone groups is 1. The number of halogens is 3. The Bertz CT molecular complexity index is 1110. The fourth-order valence-electron chi connectivity index (χ4n) is 3.42. The van der Waals surface area contributed by atoms with E-state index in [4.69, 9.17) is 23.2 Å². The molecule has 0 aliphatic carbocycles. The molecule has 2 aliphatic rings. The first-order chi connectivity index (χ1) is 13.7. The Balaban J connectivity index is 1.65. The summed E-state index contributed by atoms with van der Waals surface area (Å²) >= 11 is 13.4. The zero-order valence-corrected chi connectivity index (χ0v) is 18.0. The highest BCUT2D eigenvalue weighted by molar-refractivity contribution is 8.16. The van der Waals surface area contributed by atoms with Crippen LogP contribution < -0.4 is 4.90 Å². The summed E-state index contributed by atoms with van der Waals surface area (Å²) in [7, 11) is -3.17. The second-order valence-electron chi connectivity index (χ2n) is 6.86. The lowest BCUT2D eigenvalue weighted by molar-refractivity contribution is -0.117. The standard InChI is InChI=1S/C19H15Cl2FN2O3S2/c20-14-6-5-13(8-15(14)21)24-16-9-29(26,27)10-17(16)28-19(24)23-18(25)7-11-1-3-12(22)4-2-11/h1-6,8,16-17H,7,9-10H2/t16-,17-/m0/s1. The van der Waals surface area contributed by atoms with Crippen LogP contribution in [0.2, 0.25) is 10.0 Å². The average Bonchev–Trinajstić information content (AvgIpc) is 3.10. The molecule has 0 spiro atoms. The number of amides is 1. The van der Waals surface area contributed by atoms with Gasteiger partial charge in [0.1, 0.15) is 5.82 Å². The van der Waals surface area contributed by atoms with E-state index in [-0.39, 0.29) is 35.0 Å².